The molecule has 0 saturated carbocycles. The second-order valence-corrected chi connectivity index (χ2v) is 4.95. The average molecular weight is 323 g/mol. The zero-order valence-corrected chi connectivity index (χ0v) is 12.3. The Kier molecular flexibility index (Phi) is 5.51. The van der Waals surface area contributed by atoms with Gasteiger partial charge in [0, 0.05) is 11.6 Å². The van der Waals surface area contributed by atoms with Crippen LogP contribution in [-0.2, 0) is 11.3 Å². The third kappa shape index (κ3) is 4.31. The molecule has 4 N–H and O–H groups in total. The van der Waals surface area contributed by atoms with E-state index in [1.54, 1.807) is 24.3 Å². The van der Waals surface area contributed by atoms with Crippen molar-refractivity contribution in [2.75, 3.05) is 6.61 Å². The van der Waals surface area contributed by atoms with E-state index in [1.165, 1.54) is 12.5 Å². The Bertz CT molecular complexity index is 628. The molecule has 0 spiro atoms. The van der Waals surface area contributed by atoms with Crippen LogP contribution in [0.1, 0.15) is 16.1 Å². The number of aliphatic hydroxyl groups excluding tert-OH is 1. The number of benzene rings is 1. The molecule has 2 amide bonds. The number of hydrogen-bond acceptors (Lipinski definition) is 4. The normalized spacial score (nSPS) is 11.7. The quantitative estimate of drug-likeness (QED) is 0.620. The lowest BCUT2D eigenvalue weighted by Gasteiger charge is -2.15. The monoisotopic (exact) mass is 322 g/mol. The van der Waals surface area contributed by atoms with E-state index in [-0.39, 0.29) is 12.2 Å². The number of hydrogen-bond donors (Lipinski definition) is 4. The van der Waals surface area contributed by atoms with Gasteiger partial charge >= 0.3 is 0 Å². The van der Waals surface area contributed by atoms with Crippen molar-refractivity contribution in [2.45, 2.75) is 12.6 Å². The van der Waals surface area contributed by atoms with Gasteiger partial charge in [0.2, 0.25) is 5.91 Å². The summed E-state index contributed by atoms with van der Waals surface area (Å²) in [6.45, 7) is -0.237. The van der Waals surface area contributed by atoms with Crippen molar-refractivity contribution in [1.29, 1.82) is 0 Å². The Hall–Kier alpha value is -2.38. The highest BCUT2D eigenvalue weighted by Gasteiger charge is 2.20. The highest BCUT2D eigenvalue weighted by atomic mass is 35.5. The van der Waals surface area contributed by atoms with Crippen molar-refractivity contribution < 1.29 is 14.7 Å². The van der Waals surface area contributed by atoms with Gasteiger partial charge in [0.15, 0.2) is 0 Å². The highest BCUT2D eigenvalue weighted by Crippen LogP contribution is 2.09. The van der Waals surface area contributed by atoms with E-state index in [0.29, 0.717) is 5.02 Å². The van der Waals surface area contributed by atoms with Gasteiger partial charge in [-0.2, -0.15) is 0 Å². The topological polar surface area (TPSA) is 107 Å². The number of nitrogens with zero attached hydrogens (tertiary/aromatic N) is 1. The summed E-state index contributed by atoms with van der Waals surface area (Å²) in [5.41, 5.74) is 1.07. The number of amides is 2. The predicted octanol–water partition coefficient (Wildman–Crippen LogP) is 0.470. The number of aromatic amines is 1. The Balaban J connectivity index is 1.88. The molecule has 0 aliphatic rings. The van der Waals surface area contributed by atoms with Crippen LogP contribution in [0, 0.1) is 0 Å². The van der Waals surface area contributed by atoms with Gasteiger partial charge in [-0.1, -0.05) is 23.7 Å². The molecule has 1 aromatic carbocycles. The molecule has 1 atom stereocenters. The molecule has 2 aromatic rings. The van der Waals surface area contributed by atoms with Crippen LogP contribution in [0.15, 0.2) is 36.8 Å². The SMILES string of the molecule is O=C(N[C@@H](CO)C(=O)NCc1ccc(Cl)cc1)c1cnc[nH]1. The minimum atomic E-state index is -1.04. The first-order valence-electron chi connectivity index (χ1n) is 6.52. The van der Waals surface area contributed by atoms with Crippen LogP contribution in [0.5, 0.6) is 0 Å². The zero-order chi connectivity index (χ0) is 15.9. The zero-order valence-electron chi connectivity index (χ0n) is 11.5. The van der Waals surface area contributed by atoms with Gasteiger partial charge in [0.05, 0.1) is 19.1 Å². The standard InChI is InChI=1S/C14H15ClN4O3/c15-10-3-1-9(2-4-10)5-17-13(21)12(7-20)19-14(22)11-6-16-8-18-11/h1-4,6,8,12,20H,5,7H2,(H,16,18)(H,17,21)(H,19,22)/t12-/m0/s1. The smallest absolute Gasteiger partial charge is 0.270 e. The van der Waals surface area contributed by atoms with Crippen molar-refractivity contribution in [1.82, 2.24) is 20.6 Å². The van der Waals surface area contributed by atoms with Crippen molar-refractivity contribution in [3.8, 4) is 0 Å². The summed E-state index contributed by atoms with van der Waals surface area (Å²) in [5, 5.41) is 14.9. The first kappa shape index (κ1) is 16.0. The molecule has 0 bridgehead atoms. The van der Waals surface area contributed by atoms with E-state index >= 15 is 0 Å². The fraction of sp³-hybridized carbons (Fsp3) is 0.214. The summed E-state index contributed by atoms with van der Waals surface area (Å²) in [7, 11) is 0. The van der Waals surface area contributed by atoms with Gasteiger partial charge in [0.1, 0.15) is 11.7 Å². The van der Waals surface area contributed by atoms with E-state index < -0.39 is 24.5 Å². The first-order valence-corrected chi connectivity index (χ1v) is 6.90. The van der Waals surface area contributed by atoms with E-state index in [0.717, 1.165) is 5.56 Å². The Morgan fingerprint density at radius 3 is 2.64 bits per heavy atom. The molecule has 22 heavy (non-hydrogen) atoms. The predicted molar refractivity (Wildman–Crippen MR) is 80.2 cm³/mol. The van der Waals surface area contributed by atoms with E-state index in [9.17, 15) is 14.7 Å². The average Bonchev–Trinajstić information content (AvgIpc) is 3.06. The summed E-state index contributed by atoms with van der Waals surface area (Å²) in [5.74, 6) is -0.997. The minimum absolute atomic E-state index is 0.212. The van der Waals surface area contributed by atoms with Crippen LogP contribution in [0.4, 0.5) is 0 Å². The van der Waals surface area contributed by atoms with Gasteiger partial charge in [-0.25, -0.2) is 4.98 Å². The number of rotatable bonds is 6. The summed E-state index contributed by atoms with van der Waals surface area (Å²) in [4.78, 5) is 30.1. The van der Waals surface area contributed by atoms with E-state index in [2.05, 4.69) is 20.6 Å². The summed E-state index contributed by atoms with van der Waals surface area (Å²) < 4.78 is 0. The maximum Gasteiger partial charge on any atom is 0.270 e. The second kappa shape index (κ2) is 7.58. The van der Waals surface area contributed by atoms with Crippen LogP contribution in [0.2, 0.25) is 5.02 Å². The third-order valence-corrected chi connectivity index (χ3v) is 3.18. The number of aliphatic hydroxyl groups is 1. The number of imidazole rings is 1. The molecule has 1 heterocycles. The fourth-order valence-electron chi connectivity index (χ4n) is 1.72. The van der Waals surface area contributed by atoms with Gasteiger partial charge in [-0.15, -0.1) is 0 Å². The lowest BCUT2D eigenvalue weighted by Crippen LogP contribution is -2.48. The van der Waals surface area contributed by atoms with E-state index in [1.807, 2.05) is 0 Å². The third-order valence-electron chi connectivity index (χ3n) is 2.93. The largest absolute Gasteiger partial charge is 0.394 e. The molecule has 0 aliphatic heterocycles. The summed E-state index contributed by atoms with van der Waals surface area (Å²) in [6, 6.07) is 5.95. The molecule has 116 valence electrons. The molecule has 2 rings (SSSR count). The lowest BCUT2D eigenvalue weighted by molar-refractivity contribution is -0.124. The number of nitrogens with one attached hydrogen (secondary N) is 3. The molecule has 0 aliphatic carbocycles. The van der Waals surface area contributed by atoms with E-state index in [4.69, 9.17) is 11.6 Å². The number of carbonyl (C=O) groups excluding carboxylic acids is 2. The van der Waals surface area contributed by atoms with Crippen LogP contribution in [0.3, 0.4) is 0 Å². The molecule has 7 nitrogen and oxygen atoms in total. The van der Waals surface area contributed by atoms with Gasteiger partial charge in [0.25, 0.3) is 5.91 Å². The van der Waals surface area contributed by atoms with Crippen LogP contribution >= 0.6 is 11.6 Å². The molecule has 0 radical (unpaired) electrons. The fourth-order valence-corrected chi connectivity index (χ4v) is 1.85. The Labute approximate surface area is 131 Å². The molecule has 0 fully saturated rings. The second-order valence-electron chi connectivity index (χ2n) is 4.52. The van der Waals surface area contributed by atoms with Crippen molar-refractivity contribution in [3.05, 3.63) is 53.1 Å². The van der Waals surface area contributed by atoms with Gasteiger partial charge in [-0.3, -0.25) is 9.59 Å². The number of carbonyl (C=O) groups is 2. The molecule has 0 saturated heterocycles. The summed E-state index contributed by atoms with van der Waals surface area (Å²) >= 11 is 5.78. The maximum absolute atomic E-state index is 12.0. The molecule has 8 heteroatoms. The number of aromatic nitrogens is 2. The Morgan fingerprint density at radius 1 is 1.32 bits per heavy atom. The molecular weight excluding hydrogens is 308 g/mol. The van der Waals surface area contributed by atoms with Crippen molar-refractivity contribution >= 4 is 23.4 Å². The minimum Gasteiger partial charge on any atom is -0.394 e. The summed E-state index contributed by atoms with van der Waals surface area (Å²) in [6.07, 6.45) is 2.68. The molecule has 0 unspecified atom stereocenters. The van der Waals surface area contributed by atoms with Crippen LogP contribution in [0.25, 0.3) is 0 Å². The number of H-pyrrole nitrogens is 1. The first-order chi connectivity index (χ1) is 10.6. The van der Waals surface area contributed by atoms with Crippen LogP contribution in [-0.4, -0.2) is 39.5 Å². The molecule has 1 aromatic heterocycles. The Morgan fingerprint density at radius 2 is 2.05 bits per heavy atom. The van der Waals surface area contributed by atoms with Gasteiger partial charge < -0.3 is 20.7 Å². The van der Waals surface area contributed by atoms with Gasteiger partial charge in [-0.05, 0) is 17.7 Å². The molecular formula is C14H15ClN4O3. The lowest BCUT2D eigenvalue weighted by atomic mass is 10.2. The van der Waals surface area contributed by atoms with Crippen molar-refractivity contribution in [2.24, 2.45) is 0 Å². The van der Waals surface area contributed by atoms with Crippen molar-refractivity contribution in [3.63, 3.8) is 0 Å². The maximum atomic E-state index is 12.0. The highest BCUT2D eigenvalue weighted by molar-refractivity contribution is 6.30. The van der Waals surface area contributed by atoms with Crippen LogP contribution < -0.4 is 10.6 Å². The number of halogens is 1.